The quantitative estimate of drug-likeness (QED) is 0.876. The average molecular weight is 292 g/mol. The van der Waals surface area contributed by atoms with Gasteiger partial charge in [0.2, 0.25) is 5.91 Å². The maximum Gasteiger partial charge on any atom is 0.224 e. The summed E-state index contributed by atoms with van der Waals surface area (Å²) in [6.07, 6.45) is 5.40. The van der Waals surface area contributed by atoms with Crippen molar-refractivity contribution >= 4 is 30.7 Å². The van der Waals surface area contributed by atoms with Gasteiger partial charge in [-0.1, -0.05) is 6.07 Å². The fraction of sp³-hybridized carbons (Fsp3) is 0.500. The second-order valence-electron chi connectivity index (χ2n) is 4.09. The van der Waals surface area contributed by atoms with Crippen molar-refractivity contribution in [2.45, 2.75) is 12.8 Å². The van der Waals surface area contributed by atoms with E-state index in [0.717, 1.165) is 31.5 Å². The fourth-order valence-electron chi connectivity index (χ4n) is 1.90. The molecular weight excluding hydrogens is 273 g/mol. The van der Waals surface area contributed by atoms with Crippen LogP contribution in [-0.2, 0) is 11.2 Å². The highest BCUT2D eigenvalue weighted by Crippen LogP contribution is 2.06. The maximum absolute atomic E-state index is 11.7. The SMILES string of the molecule is Cl.Cl.O=C(NCCc1cccnc1)C1CCNC1. The molecule has 6 heteroatoms. The number of nitrogens with zero attached hydrogens (tertiary/aromatic N) is 1. The van der Waals surface area contributed by atoms with E-state index in [4.69, 9.17) is 0 Å². The van der Waals surface area contributed by atoms with Crippen LogP contribution in [0, 0.1) is 5.92 Å². The molecule has 2 N–H and O–H groups in total. The van der Waals surface area contributed by atoms with E-state index in [1.807, 2.05) is 18.3 Å². The zero-order chi connectivity index (χ0) is 11.2. The Hall–Kier alpha value is -0.840. The van der Waals surface area contributed by atoms with Crippen LogP contribution in [0.2, 0.25) is 0 Å². The Labute approximate surface area is 120 Å². The fourth-order valence-corrected chi connectivity index (χ4v) is 1.90. The highest BCUT2D eigenvalue weighted by molar-refractivity contribution is 5.85. The average Bonchev–Trinajstić information content (AvgIpc) is 2.84. The molecule has 1 aromatic heterocycles. The number of hydrogen-bond acceptors (Lipinski definition) is 3. The number of halogens is 2. The van der Waals surface area contributed by atoms with Gasteiger partial charge in [0.25, 0.3) is 0 Å². The third-order valence-corrected chi connectivity index (χ3v) is 2.87. The lowest BCUT2D eigenvalue weighted by molar-refractivity contribution is -0.124. The molecular formula is C12H19Cl2N3O. The zero-order valence-electron chi connectivity index (χ0n) is 10.1. The van der Waals surface area contributed by atoms with Crippen LogP contribution < -0.4 is 10.6 Å². The number of aromatic nitrogens is 1. The van der Waals surface area contributed by atoms with Gasteiger partial charge in [-0.3, -0.25) is 9.78 Å². The van der Waals surface area contributed by atoms with Crippen LogP contribution in [0.5, 0.6) is 0 Å². The Bertz CT molecular complexity index is 342. The molecule has 0 radical (unpaired) electrons. The minimum atomic E-state index is 0. The minimum absolute atomic E-state index is 0. The summed E-state index contributed by atoms with van der Waals surface area (Å²) in [5.74, 6) is 0.336. The molecule has 1 saturated heterocycles. The lowest BCUT2D eigenvalue weighted by Gasteiger charge is -2.09. The molecule has 0 aliphatic carbocycles. The van der Waals surface area contributed by atoms with Gasteiger partial charge in [0, 0.05) is 25.5 Å². The van der Waals surface area contributed by atoms with Crippen LogP contribution in [0.25, 0.3) is 0 Å². The zero-order valence-corrected chi connectivity index (χ0v) is 11.7. The van der Waals surface area contributed by atoms with Crippen molar-refractivity contribution in [1.82, 2.24) is 15.6 Å². The van der Waals surface area contributed by atoms with Crippen molar-refractivity contribution in [3.05, 3.63) is 30.1 Å². The van der Waals surface area contributed by atoms with E-state index >= 15 is 0 Å². The van der Waals surface area contributed by atoms with Crippen molar-refractivity contribution in [3.8, 4) is 0 Å². The summed E-state index contributed by atoms with van der Waals surface area (Å²) in [6.45, 7) is 2.47. The summed E-state index contributed by atoms with van der Waals surface area (Å²) in [7, 11) is 0. The number of carbonyl (C=O) groups is 1. The molecule has 2 heterocycles. The number of carbonyl (C=O) groups excluding carboxylic acids is 1. The summed E-state index contributed by atoms with van der Waals surface area (Å²) in [5, 5.41) is 6.16. The van der Waals surface area contributed by atoms with Gasteiger partial charge in [0.05, 0.1) is 5.92 Å². The van der Waals surface area contributed by atoms with Gasteiger partial charge < -0.3 is 10.6 Å². The third-order valence-electron chi connectivity index (χ3n) is 2.87. The van der Waals surface area contributed by atoms with Gasteiger partial charge in [-0.15, -0.1) is 24.8 Å². The van der Waals surface area contributed by atoms with Gasteiger partial charge >= 0.3 is 0 Å². The highest BCUT2D eigenvalue weighted by atomic mass is 35.5. The van der Waals surface area contributed by atoms with Gasteiger partial charge in [-0.05, 0) is 31.0 Å². The Morgan fingerprint density at radius 2 is 2.33 bits per heavy atom. The molecule has 1 aromatic rings. The van der Waals surface area contributed by atoms with Crippen LogP contribution >= 0.6 is 24.8 Å². The molecule has 4 nitrogen and oxygen atoms in total. The second kappa shape index (κ2) is 9.14. The molecule has 0 spiro atoms. The van der Waals surface area contributed by atoms with Crippen LogP contribution in [0.15, 0.2) is 24.5 Å². The molecule has 18 heavy (non-hydrogen) atoms. The monoisotopic (exact) mass is 291 g/mol. The Balaban J connectivity index is 0.00000144. The van der Waals surface area contributed by atoms with Gasteiger partial charge in [-0.25, -0.2) is 0 Å². The van der Waals surface area contributed by atoms with Crippen molar-refractivity contribution in [2.75, 3.05) is 19.6 Å². The van der Waals surface area contributed by atoms with Crippen molar-refractivity contribution < 1.29 is 4.79 Å². The summed E-state index contributed by atoms with van der Waals surface area (Å²) >= 11 is 0. The first-order valence-corrected chi connectivity index (χ1v) is 5.73. The maximum atomic E-state index is 11.7. The van der Waals surface area contributed by atoms with E-state index in [1.165, 1.54) is 0 Å². The van der Waals surface area contributed by atoms with E-state index in [-0.39, 0.29) is 36.6 Å². The molecule has 102 valence electrons. The number of rotatable bonds is 4. The number of hydrogen-bond donors (Lipinski definition) is 2. The van der Waals surface area contributed by atoms with E-state index in [1.54, 1.807) is 6.20 Å². The molecule has 1 aliphatic rings. The second-order valence-corrected chi connectivity index (χ2v) is 4.09. The molecule has 1 fully saturated rings. The predicted octanol–water partition coefficient (Wildman–Crippen LogP) is 1.19. The van der Waals surface area contributed by atoms with Gasteiger partial charge in [0.15, 0.2) is 0 Å². The number of amides is 1. The van der Waals surface area contributed by atoms with E-state index in [9.17, 15) is 4.79 Å². The molecule has 0 saturated carbocycles. The van der Waals surface area contributed by atoms with Gasteiger partial charge in [-0.2, -0.15) is 0 Å². The number of nitrogens with one attached hydrogen (secondary N) is 2. The first kappa shape index (κ1) is 17.2. The smallest absolute Gasteiger partial charge is 0.224 e. The topological polar surface area (TPSA) is 54.0 Å². The minimum Gasteiger partial charge on any atom is -0.355 e. The Morgan fingerprint density at radius 1 is 1.50 bits per heavy atom. The first-order valence-electron chi connectivity index (χ1n) is 5.73. The first-order chi connectivity index (χ1) is 7.86. The molecule has 1 unspecified atom stereocenters. The van der Waals surface area contributed by atoms with Crippen LogP contribution in [0.3, 0.4) is 0 Å². The van der Waals surface area contributed by atoms with Crippen LogP contribution in [0.1, 0.15) is 12.0 Å². The molecule has 0 bridgehead atoms. The molecule has 1 aliphatic heterocycles. The van der Waals surface area contributed by atoms with E-state index in [0.29, 0.717) is 6.54 Å². The van der Waals surface area contributed by atoms with Crippen molar-refractivity contribution in [3.63, 3.8) is 0 Å². The summed E-state index contributed by atoms with van der Waals surface area (Å²) < 4.78 is 0. The Kier molecular flexibility index (Phi) is 8.71. The lowest BCUT2D eigenvalue weighted by atomic mass is 10.1. The third kappa shape index (κ3) is 5.21. The predicted molar refractivity (Wildman–Crippen MR) is 76.4 cm³/mol. The molecule has 2 rings (SSSR count). The van der Waals surface area contributed by atoms with E-state index < -0.39 is 0 Å². The summed E-state index contributed by atoms with van der Waals surface area (Å²) in [6, 6.07) is 3.94. The Morgan fingerprint density at radius 3 is 2.94 bits per heavy atom. The lowest BCUT2D eigenvalue weighted by Crippen LogP contribution is -2.33. The van der Waals surface area contributed by atoms with Crippen molar-refractivity contribution in [2.24, 2.45) is 5.92 Å². The van der Waals surface area contributed by atoms with Crippen LogP contribution in [-0.4, -0.2) is 30.5 Å². The number of pyridine rings is 1. The molecule has 1 amide bonds. The highest BCUT2D eigenvalue weighted by Gasteiger charge is 2.21. The molecule has 0 aromatic carbocycles. The van der Waals surface area contributed by atoms with E-state index in [2.05, 4.69) is 15.6 Å². The summed E-state index contributed by atoms with van der Waals surface area (Å²) in [4.78, 5) is 15.7. The normalized spacial score (nSPS) is 17.4. The van der Waals surface area contributed by atoms with Crippen molar-refractivity contribution in [1.29, 1.82) is 0 Å². The largest absolute Gasteiger partial charge is 0.355 e. The standard InChI is InChI=1S/C12H17N3O.2ClH/c16-12(11-4-6-14-9-11)15-7-3-10-2-1-5-13-8-10;;/h1-2,5,8,11,14H,3-4,6-7,9H2,(H,15,16);2*1H. The van der Waals surface area contributed by atoms with Gasteiger partial charge in [0.1, 0.15) is 0 Å². The molecule has 1 atom stereocenters. The summed E-state index contributed by atoms with van der Waals surface area (Å²) in [5.41, 5.74) is 1.16. The van der Waals surface area contributed by atoms with Crippen LogP contribution in [0.4, 0.5) is 0 Å².